The van der Waals surface area contributed by atoms with E-state index in [-0.39, 0.29) is 30.1 Å². The Hall–Kier alpha value is -3.34. The summed E-state index contributed by atoms with van der Waals surface area (Å²) in [6.07, 6.45) is 0.238. The van der Waals surface area contributed by atoms with Gasteiger partial charge in [0.1, 0.15) is 5.00 Å². The number of hydrogen-bond donors (Lipinski definition) is 1. The number of nitro benzene ring substituents is 2. The van der Waals surface area contributed by atoms with Crippen molar-refractivity contribution in [1.82, 2.24) is 0 Å². The summed E-state index contributed by atoms with van der Waals surface area (Å²) in [6, 6.07) is 3.10. The van der Waals surface area contributed by atoms with Crippen LogP contribution >= 0.6 is 11.3 Å². The number of thiophene rings is 1. The zero-order valence-electron chi connectivity index (χ0n) is 16.7. The smallest absolute Gasteiger partial charge is 0.341 e. The standard InChI is InChI=1S/C19H21N3O7S/c1-4-29-19(24)17-13(7-11(2)3)10-30-18(17)20-16(23)8-12-5-6-14(21(25)26)9-15(12)22(27)28/h5-6,9-11H,4,7-8H2,1-3H3,(H,20,23). The highest BCUT2D eigenvalue weighted by Crippen LogP contribution is 2.31. The average Bonchev–Trinajstić information content (AvgIpc) is 3.03. The Morgan fingerprint density at radius 2 is 1.87 bits per heavy atom. The lowest BCUT2D eigenvalue weighted by atomic mass is 10.0. The highest BCUT2D eigenvalue weighted by Gasteiger charge is 2.24. The number of rotatable bonds is 9. The molecule has 0 saturated carbocycles. The van der Waals surface area contributed by atoms with Crippen LogP contribution in [0.5, 0.6) is 0 Å². The van der Waals surface area contributed by atoms with E-state index in [1.165, 1.54) is 17.4 Å². The first kappa shape index (κ1) is 22.9. The number of amides is 1. The monoisotopic (exact) mass is 435 g/mol. The summed E-state index contributed by atoms with van der Waals surface area (Å²) >= 11 is 1.17. The summed E-state index contributed by atoms with van der Waals surface area (Å²) in [5.41, 5.74) is 0.107. The van der Waals surface area contributed by atoms with E-state index in [4.69, 9.17) is 4.74 Å². The number of nitrogens with zero attached hydrogens (tertiary/aromatic N) is 2. The summed E-state index contributed by atoms with van der Waals surface area (Å²) in [7, 11) is 0. The average molecular weight is 435 g/mol. The van der Waals surface area contributed by atoms with E-state index in [2.05, 4.69) is 5.32 Å². The lowest BCUT2D eigenvalue weighted by Gasteiger charge is -2.10. The summed E-state index contributed by atoms with van der Waals surface area (Å²) in [5.74, 6) is -0.861. The summed E-state index contributed by atoms with van der Waals surface area (Å²) in [6.45, 7) is 5.85. The minimum absolute atomic E-state index is 0.0275. The highest BCUT2D eigenvalue weighted by molar-refractivity contribution is 7.15. The van der Waals surface area contributed by atoms with Gasteiger partial charge >= 0.3 is 5.97 Å². The number of carbonyl (C=O) groups excluding carboxylic acids is 2. The molecule has 1 N–H and O–H groups in total. The molecule has 30 heavy (non-hydrogen) atoms. The van der Waals surface area contributed by atoms with Gasteiger partial charge < -0.3 is 10.1 Å². The van der Waals surface area contributed by atoms with Gasteiger partial charge in [-0.2, -0.15) is 0 Å². The van der Waals surface area contributed by atoms with Gasteiger partial charge in [0.25, 0.3) is 11.4 Å². The largest absolute Gasteiger partial charge is 0.462 e. The van der Waals surface area contributed by atoms with Crippen molar-refractivity contribution in [2.24, 2.45) is 5.92 Å². The van der Waals surface area contributed by atoms with Crippen molar-refractivity contribution in [2.45, 2.75) is 33.6 Å². The second-order valence-electron chi connectivity index (χ2n) is 6.84. The Bertz CT molecular complexity index is 985. The molecule has 0 aliphatic rings. The molecule has 0 atom stereocenters. The maximum atomic E-state index is 12.5. The van der Waals surface area contributed by atoms with Gasteiger partial charge in [-0.3, -0.25) is 25.0 Å². The van der Waals surface area contributed by atoms with E-state index in [0.717, 1.165) is 17.7 Å². The van der Waals surface area contributed by atoms with Gasteiger partial charge in [-0.05, 0) is 36.3 Å². The molecule has 1 heterocycles. The number of ether oxygens (including phenoxy) is 1. The van der Waals surface area contributed by atoms with Crippen LogP contribution < -0.4 is 5.32 Å². The van der Waals surface area contributed by atoms with Crippen molar-refractivity contribution in [3.05, 3.63) is 60.5 Å². The number of hydrogen-bond acceptors (Lipinski definition) is 8. The summed E-state index contributed by atoms with van der Waals surface area (Å²) in [4.78, 5) is 45.5. The molecule has 1 aromatic heterocycles. The van der Waals surface area contributed by atoms with Gasteiger partial charge in [0.15, 0.2) is 0 Å². The highest BCUT2D eigenvalue weighted by atomic mass is 32.1. The van der Waals surface area contributed by atoms with Crippen LogP contribution in [-0.4, -0.2) is 28.3 Å². The normalized spacial score (nSPS) is 10.7. The van der Waals surface area contributed by atoms with Gasteiger partial charge in [-0.25, -0.2) is 4.79 Å². The van der Waals surface area contributed by atoms with Crippen LogP contribution in [0.1, 0.15) is 42.3 Å². The van der Waals surface area contributed by atoms with Gasteiger partial charge in [0.05, 0.1) is 34.5 Å². The van der Waals surface area contributed by atoms with Gasteiger partial charge in [0.2, 0.25) is 5.91 Å². The molecule has 0 aliphatic carbocycles. The molecule has 2 rings (SSSR count). The van der Waals surface area contributed by atoms with E-state index in [0.29, 0.717) is 11.4 Å². The molecule has 0 spiro atoms. The van der Waals surface area contributed by atoms with Crippen molar-refractivity contribution < 1.29 is 24.2 Å². The number of nitrogens with one attached hydrogen (secondary N) is 1. The fourth-order valence-electron chi connectivity index (χ4n) is 2.83. The van der Waals surface area contributed by atoms with Crippen molar-refractivity contribution in [3.63, 3.8) is 0 Å². The van der Waals surface area contributed by atoms with Crippen molar-refractivity contribution in [3.8, 4) is 0 Å². The third kappa shape index (κ3) is 5.60. The van der Waals surface area contributed by atoms with Crippen LogP contribution in [0.15, 0.2) is 23.6 Å². The second kappa shape index (κ2) is 9.92. The van der Waals surface area contributed by atoms with Gasteiger partial charge in [0, 0.05) is 11.6 Å². The third-order valence-electron chi connectivity index (χ3n) is 4.06. The fourth-order valence-corrected chi connectivity index (χ4v) is 3.81. The molecule has 0 aliphatic heterocycles. The molecule has 0 radical (unpaired) electrons. The third-order valence-corrected chi connectivity index (χ3v) is 5.00. The number of carbonyl (C=O) groups is 2. The van der Waals surface area contributed by atoms with Crippen LogP contribution in [0.4, 0.5) is 16.4 Å². The molecular weight excluding hydrogens is 414 g/mol. The molecule has 0 unspecified atom stereocenters. The Morgan fingerprint density at radius 1 is 1.17 bits per heavy atom. The number of benzene rings is 1. The van der Waals surface area contributed by atoms with Gasteiger partial charge in [-0.15, -0.1) is 11.3 Å². The fraction of sp³-hybridized carbons (Fsp3) is 0.368. The van der Waals surface area contributed by atoms with E-state index >= 15 is 0 Å². The van der Waals surface area contributed by atoms with Crippen molar-refractivity contribution in [2.75, 3.05) is 11.9 Å². The number of nitro groups is 2. The van der Waals surface area contributed by atoms with Gasteiger partial charge in [-0.1, -0.05) is 13.8 Å². The SMILES string of the molecule is CCOC(=O)c1c(CC(C)C)csc1NC(=O)Cc1ccc([N+](=O)[O-])cc1[N+](=O)[O-]. The van der Waals surface area contributed by atoms with Crippen LogP contribution in [0, 0.1) is 26.1 Å². The molecule has 1 amide bonds. The molecule has 0 bridgehead atoms. The first-order valence-electron chi connectivity index (χ1n) is 9.13. The lowest BCUT2D eigenvalue weighted by molar-refractivity contribution is -0.394. The predicted molar refractivity (Wildman–Crippen MR) is 111 cm³/mol. The molecule has 1 aromatic carbocycles. The maximum absolute atomic E-state index is 12.5. The number of non-ortho nitro benzene ring substituents is 1. The van der Waals surface area contributed by atoms with E-state index < -0.39 is 33.1 Å². The zero-order chi connectivity index (χ0) is 22.4. The van der Waals surface area contributed by atoms with Crippen LogP contribution in [0.2, 0.25) is 0 Å². The van der Waals surface area contributed by atoms with Crippen LogP contribution in [0.25, 0.3) is 0 Å². The Labute approximate surface area is 176 Å². The molecule has 2 aromatic rings. The quantitative estimate of drug-likeness (QED) is 0.355. The predicted octanol–water partition coefficient (Wildman–Crippen LogP) is 4.12. The van der Waals surface area contributed by atoms with Crippen LogP contribution in [-0.2, 0) is 22.4 Å². The zero-order valence-corrected chi connectivity index (χ0v) is 17.5. The molecule has 10 nitrogen and oxygen atoms in total. The van der Waals surface area contributed by atoms with Crippen LogP contribution in [0.3, 0.4) is 0 Å². The van der Waals surface area contributed by atoms with E-state index in [9.17, 15) is 29.8 Å². The summed E-state index contributed by atoms with van der Waals surface area (Å²) < 4.78 is 5.10. The Kier molecular flexibility index (Phi) is 7.59. The second-order valence-corrected chi connectivity index (χ2v) is 7.72. The molecule has 160 valence electrons. The minimum Gasteiger partial charge on any atom is -0.462 e. The summed E-state index contributed by atoms with van der Waals surface area (Å²) in [5, 5.41) is 26.8. The molecule has 0 saturated heterocycles. The van der Waals surface area contributed by atoms with Crippen molar-refractivity contribution in [1.29, 1.82) is 0 Å². The molecule has 11 heteroatoms. The topological polar surface area (TPSA) is 142 Å². The maximum Gasteiger partial charge on any atom is 0.341 e. The lowest BCUT2D eigenvalue weighted by Crippen LogP contribution is -2.17. The van der Waals surface area contributed by atoms with E-state index in [1.54, 1.807) is 12.3 Å². The van der Waals surface area contributed by atoms with Crippen molar-refractivity contribution >= 4 is 39.6 Å². The number of anilines is 1. The van der Waals surface area contributed by atoms with E-state index in [1.807, 2.05) is 13.8 Å². The molecular formula is C19H21N3O7S. The minimum atomic E-state index is -0.772. The number of esters is 1. The first-order chi connectivity index (χ1) is 14.1. The Morgan fingerprint density at radius 3 is 2.43 bits per heavy atom. The molecule has 0 fully saturated rings. The Balaban J connectivity index is 2.28. The first-order valence-corrected chi connectivity index (χ1v) is 10.0.